The van der Waals surface area contributed by atoms with Crippen LogP contribution in [0.4, 0.5) is 4.39 Å². The number of aromatic nitrogens is 2. The number of hydrogen-bond acceptors (Lipinski definition) is 3. The standard InChI is InChI=1S/C26H20FN3O/c1-16-10-19(8-9-28-16)25-24(27)11-17(14-29-25)15-30-26(31)20-6-7-23-21(13-20)12-18-4-2-3-5-22(18)23/h2-11,13-14H,12,15H2,1H3,(H,30,31). The molecule has 5 rings (SSSR count). The summed E-state index contributed by atoms with van der Waals surface area (Å²) in [6, 6.07) is 19.0. The highest BCUT2D eigenvalue weighted by Gasteiger charge is 2.19. The summed E-state index contributed by atoms with van der Waals surface area (Å²) in [4.78, 5) is 21.1. The second-order valence-electron chi connectivity index (χ2n) is 7.75. The molecule has 2 heterocycles. The van der Waals surface area contributed by atoms with E-state index in [1.54, 1.807) is 24.5 Å². The Morgan fingerprint density at radius 3 is 2.68 bits per heavy atom. The van der Waals surface area contributed by atoms with Gasteiger partial charge in [-0.1, -0.05) is 30.3 Å². The van der Waals surface area contributed by atoms with Gasteiger partial charge in [0.25, 0.3) is 5.91 Å². The van der Waals surface area contributed by atoms with Crippen molar-refractivity contribution in [3.05, 3.63) is 107 Å². The lowest BCUT2D eigenvalue weighted by molar-refractivity contribution is 0.0950. The lowest BCUT2D eigenvalue weighted by atomic mass is 10.0. The molecular formula is C26H20FN3O. The molecule has 0 saturated heterocycles. The van der Waals surface area contributed by atoms with Crippen molar-refractivity contribution >= 4 is 5.91 Å². The van der Waals surface area contributed by atoms with E-state index < -0.39 is 5.82 Å². The van der Waals surface area contributed by atoms with Gasteiger partial charge in [-0.05, 0) is 71.5 Å². The summed E-state index contributed by atoms with van der Waals surface area (Å²) in [5.41, 5.74) is 7.80. The molecule has 4 nitrogen and oxygen atoms in total. The van der Waals surface area contributed by atoms with Gasteiger partial charge in [0.1, 0.15) is 11.5 Å². The third-order valence-corrected chi connectivity index (χ3v) is 5.58. The number of nitrogens with zero attached hydrogens (tertiary/aromatic N) is 2. The van der Waals surface area contributed by atoms with Crippen LogP contribution in [-0.2, 0) is 13.0 Å². The van der Waals surface area contributed by atoms with Crippen LogP contribution in [0.3, 0.4) is 0 Å². The molecule has 0 saturated carbocycles. The van der Waals surface area contributed by atoms with Crippen molar-refractivity contribution in [3.8, 4) is 22.4 Å². The zero-order valence-corrected chi connectivity index (χ0v) is 17.0. The van der Waals surface area contributed by atoms with E-state index in [4.69, 9.17) is 0 Å². The summed E-state index contributed by atoms with van der Waals surface area (Å²) >= 11 is 0. The van der Waals surface area contributed by atoms with E-state index in [9.17, 15) is 9.18 Å². The lowest BCUT2D eigenvalue weighted by Crippen LogP contribution is -2.23. The van der Waals surface area contributed by atoms with Crippen molar-refractivity contribution in [1.82, 2.24) is 15.3 Å². The van der Waals surface area contributed by atoms with Gasteiger partial charge in [-0.25, -0.2) is 4.39 Å². The number of amides is 1. The predicted molar refractivity (Wildman–Crippen MR) is 118 cm³/mol. The monoisotopic (exact) mass is 409 g/mol. The van der Waals surface area contributed by atoms with Crippen LogP contribution in [0.25, 0.3) is 22.4 Å². The van der Waals surface area contributed by atoms with Gasteiger partial charge in [0.15, 0.2) is 0 Å². The fourth-order valence-electron chi connectivity index (χ4n) is 4.05. The molecule has 1 N–H and O–H groups in total. The third-order valence-electron chi connectivity index (χ3n) is 5.58. The number of aryl methyl sites for hydroxylation is 1. The highest BCUT2D eigenvalue weighted by atomic mass is 19.1. The molecule has 2 aromatic heterocycles. The van der Waals surface area contributed by atoms with Crippen molar-refractivity contribution < 1.29 is 9.18 Å². The summed E-state index contributed by atoms with van der Waals surface area (Å²) in [5.74, 6) is -0.611. The maximum Gasteiger partial charge on any atom is 0.251 e. The van der Waals surface area contributed by atoms with Crippen molar-refractivity contribution in [3.63, 3.8) is 0 Å². The molecule has 4 aromatic rings. The van der Waals surface area contributed by atoms with Crippen LogP contribution in [-0.4, -0.2) is 15.9 Å². The fraction of sp³-hybridized carbons (Fsp3) is 0.115. The molecule has 0 aliphatic heterocycles. The van der Waals surface area contributed by atoms with E-state index in [0.717, 1.165) is 17.7 Å². The second-order valence-corrected chi connectivity index (χ2v) is 7.75. The highest BCUT2D eigenvalue weighted by molar-refractivity contribution is 5.95. The summed E-state index contributed by atoms with van der Waals surface area (Å²) in [5, 5.41) is 2.87. The van der Waals surface area contributed by atoms with Gasteiger partial charge < -0.3 is 5.32 Å². The maximum atomic E-state index is 14.6. The summed E-state index contributed by atoms with van der Waals surface area (Å²) in [6.07, 6.45) is 4.06. The number of carbonyl (C=O) groups excluding carboxylic acids is 1. The molecule has 2 aromatic carbocycles. The zero-order valence-electron chi connectivity index (χ0n) is 17.0. The molecule has 1 aliphatic carbocycles. The molecule has 0 bridgehead atoms. The molecule has 0 fully saturated rings. The Balaban J connectivity index is 1.29. The smallest absolute Gasteiger partial charge is 0.251 e. The van der Waals surface area contributed by atoms with E-state index in [0.29, 0.717) is 16.7 Å². The van der Waals surface area contributed by atoms with Crippen LogP contribution in [0.1, 0.15) is 32.7 Å². The topological polar surface area (TPSA) is 54.9 Å². The van der Waals surface area contributed by atoms with Crippen LogP contribution in [0.2, 0.25) is 0 Å². The van der Waals surface area contributed by atoms with Gasteiger partial charge in [-0.3, -0.25) is 14.8 Å². The minimum Gasteiger partial charge on any atom is -0.348 e. The highest BCUT2D eigenvalue weighted by Crippen LogP contribution is 2.36. The predicted octanol–water partition coefficient (Wildman–Crippen LogP) is 5.09. The first-order valence-corrected chi connectivity index (χ1v) is 10.2. The molecule has 0 unspecified atom stereocenters. The van der Waals surface area contributed by atoms with Crippen LogP contribution >= 0.6 is 0 Å². The first kappa shape index (κ1) is 19.1. The summed E-state index contributed by atoms with van der Waals surface area (Å²) < 4.78 is 14.6. The Kier molecular flexibility index (Phi) is 4.79. The van der Waals surface area contributed by atoms with Crippen LogP contribution in [0, 0.1) is 12.7 Å². The average molecular weight is 409 g/mol. The van der Waals surface area contributed by atoms with Gasteiger partial charge in [0.05, 0.1) is 0 Å². The minimum atomic E-state index is -0.423. The van der Waals surface area contributed by atoms with Crippen LogP contribution < -0.4 is 5.32 Å². The molecule has 5 heteroatoms. The quantitative estimate of drug-likeness (QED) is 0.450. The van der Waals surface area contributed by atoms with Crippen molar-refractivity contribution in [2.75, 3.05) is 0 Å². The first-order valence-electron chi connectivity index (χ1n) is 10.2. The third kappa shape index (κ3) is 3.70. The number of halogens is 1. The van der Waals surface area contributed by atoms with E-state index in [-0.39, 0.29) is 18.1 Å². The van der Waals surface area contributed by atoms with Crippen molar-refractivity contribution in [2.24, 2.45) is 0 Å². The van der Waals surface area contributed by atoms with E-state index in [1.165, 1.54) is 22.8 Å². The molecule has 0 atom stereocenters. The van der Waals surface area contributed by atoms with Gasteiger partial charge in [0.2, 0.25) is 0 Å². The van der Waals surface area contributed by atoms with Gasteiger partial charge in [-0.15, -0.1) is 0 Å². The first-order chi connectivity index (χ1) is 15.1. The second kappa shape index (κ2) is 7.76. The Hall–Kier alpha value is -3.86. The Bertz CT molecular complexity index is 1320. The number of hydrogen-bond donors (Lipinski definition) is 1. The molecule has 31 heavy (non-hydrogen) atoms. The van der Waals surface area contributed by atoms with Crippen LogP contribution in [0.15, 0.2) is 73.1 Å². The van der Waals surface area contributed by atoms with Crippen molar-refractivity contribution in [2.45, 2.75) is 19.9 Å². The molecule has 1 amide bonds. The zero-order chi connectivity index (χ0) is 21.4. The number of fused-ring (bicyclic) bond motifs is 3. The molecular weight excluding hydrogens is 389 g/mol. The minimum absolute atomic E-state index is 0.187. The Morgan fingerprint density at radius 2 is 1.84 bits per heavy atom. The number of rotatable bonds is 4. The van der Waals surface area contributed by atoms with Gasteiger partial charge in [-0.2, -0.15) is 0 Å². The van der Waals surface area contributed by atoms with Crippen LogP contribution in [0.5, 0.6) is 0 Å². The lowest BCUT2D eigenvalue weighted by Gasteiger charge is -2.09. The maximum absolute atomic E-state index is 14.6. The number of carbonyl (C=O) groups is 1. The normalized spacial score (nSPS) is 11.7. The number of benzene rings is 2. The molecule has 0 spiro atoms. The fourth-order valence-corrected chi connectivity index (χ4v) is 4.05. The van der Waals surface area contributed by atoms with Crippen molar-refractivity contribution in [1.29, 1.82) is 0 Å². The van der Waals surface area contributed by atoms with E-state index >= 15 is 0 Å². The van der Waals surface area contributed by atoms with E-state index in [2.05, 4.69) is 27.4 Å². The Morgan fingerprint density at radius 1 is 1.00 bits per heavy atom. The van der Waals surface area contributed by atoms with E-state index in [1.807, 2.05) is 37.3 Å². The number of pyridine rings is 2. The number of nitrogens with one attached hydrogen (secondary N) is 1. The SMILES string of the molecule is Cc1cc(-c2ncc(CNC(=O)c3ccc4c(c3)Cc3ccccc3-4)cc2F)ccn1. The van der Waals surface area contributed by atoms with Gasteiger partial charge in [0, 0.05) is 35.8 Å². The molecule has 0 radical (unpaired) electrons. The molecule has 1 aliphatic rings. The van der Waals surface area contributed by atoms with Gasteiger partial charge >= 0.3 is 0 Å². The Labute approximate surface area is 179 Å². The largest absolute Gasteiger partial charge is 0.348 e. The summed E-state index contributed by atoms with van der Waals surface area (Å²) in [7, 11) is 0. The summed E-state index contributed by atoms with van der Waals surface area (Å²) in [6.45, 7) is 2.05. The molecule has 152 valence electrons. The average Bonchev–Trinajstić information content (AvgIpc) is 3.15.